The van der Waals surface area contributed by atoms with Gasteiger partial charge in [-0.2, -0.15) is 0 Å². The molecule has 3 aromatic rings. The minimum Gasteiger partial charge on any atom is -0.507 e. The van der Waals surface area contributed by atoms with E-state index in [2.05, 4.69) is 16.8 Å². The van der Waals surface area contributed by atoms with Gasteiger partial charge in [0, 0.05) is 5.56 Å². The van der Waals surface area contributed by atoms with E-state index in [9.17, 15) is 19.1 Å². The zero-order chi connectivity index (χ0) is 22.8. The summed E-state index contributed by atoms with van der Waals surface area (Å²) in [6, 6.07) is 10.9. The normalized spacial score (nSPS) is 17.6. The van der Waals surface area contributed by atoms with E-state index in [4.69, 9.17) is 4.74 Å². The fourth-order valence-corrected chi connectivity index (χ4v) is 4.11. The highest BCUT2D eigenvalue weighted by Crippen LogP contribution is 2.43. The Balaban J connectivity index is 1.86. The molecule has 0 saturated carbocycles. The number of aromatic nitrogens is 2. The van der Waals surface area contributed by atoms with E-state index >= 15 is 0 Å². The van der Waals surface area contributed by atoms with Crippen LogP contribution >= 0.6 is 11.3 Å². The van der Waals surface area contributed by atoms with E-state index in [1.807, 2.05) is 0 Å². The Kier molecular flexibility index (Phi) is 5.83. The number of anilines is 1. The molecule has 32 heavy (non-hydrogen) atoms. The summed E-state index contributed by atoms with van der Waals surface area (Å²) in [5, 5.41) is 19.8. The Morgan fingerprint density at radius 3 is 2.47 bits per heavy atom. The number of benzene rings is 2. The van der Waals surface area contributed by atoms with Gasteiger partial charge < -0.3 is 9.84 Å². The van der Waals surface area contributed by atoms with Crippen LogP contribution in [0.4, 0.5) is 9.52 Å². The number of aliphatic hydroxyl groups excluding tert-OH is 1. The summed E-state index contributed by atoms with van der Waals surface area (Å²) in [5.41, 5.74) is 0.662. The lowest BCUT2D eigenvalue weighted by atomic mass is 9.95. The van der Waals surface area contributed by atoms with E-state index in [0.717, 1.165) is 11.3 Å². The average Bonchev–Trinajstić information content (AvgIpc) is 3.33. The Bertz CT molecular complexity index is 1220. The number of hydrogen-bond donors (Lipinski definition) is 1. The lowest BCUT2D eigenvalue weighted by Gasteiger charge is -2.22. The van der Waals surface area contributed by atoms with Crippen molar-refractivity contribution in [1.29, 1.82) is 0 Å². The molecule has 162 valence electrons. The molecule has 1 aliphatic heterocycles. The highest BCUT2D eigenvalue weighted by atomic mass is 32.1. The summed E-state index contributed by atoms with van der Waals surface area (Å²) >= 11 is 1.16. The molecule has 1 aromatic heterocycles. The van der Waals surface area contributed by atoms with Crippen LogP contribution in [0, 0.1) is 12.7 Å². The molecule has 0 radical (unpaired) electrons. The number of carbonyl (C=O) groups excluding carboxylic acids is 2. The molecule has 1 aliphatic rings. The quantitative estimate of drug-likeness (QED) is 0.262. The van der Waals surface area contributed by atoms with Crippen molar-refractivity contribution in [1.82, 2.24) is 10.2 Å². The van der Waals surface area contributed by atoms with Crippen LogP contribution in [-0.2, 0) is 9.59 Å². The molecule has 1 saturated heterocycles. The van der Waals surface area contributed by atoms with Gasteiger partial charge in [-0.05, 0) is 48.9 Å². The number of aliphatic hydroxyl groups is 1. The van der Waals surface area contributed by atoms with Crippen molar-refractivity contribution in [3.05, 3.63) is 88.7 Å². The smallest absolute Gasteiger partial charge is 0.301 e. The van der Waals surface area contributed by atoms with Gasteiger partial charge in [0.2, 0.25) is 5.13 Å². The summed E-state index contributed by atoms with van der Waals surface area (Å²) in [6.07, 6.45) is 1.61. The first-order chi connectivity index (χ1) is 15.4. The van der Waals surface area contributed by atoms with Crippen LogP contribution in [0.5, 0.6) is 5.75 Å². The van der Waals surface area contributed by atoms with E-state index in [1.165, 1.54) is 29.2 Å². The molecule has 0 unspecified atom stereocenters. The molecule has 7 nitrogen and oxygen atoms in total. The highest BCUT2D eigenvalue weighted by molar-refractivity contribution is 7.15. The zero-order valence-electron chi connectivity index (χ0n) is 17.0. The number of aryl methyl sites for hydroxylation is 1. The number of Topliss-reactive ketones (excluding diaryl/α,β-unsaturated/α-hetero) is 1. The minimum atomic E-state index is -0.944. The van der Waals surface area contributed by atoms with Crippen LogP contribution in [0.1, 0.15) is 22.2 Å². The summed E-state index contributed by atoms with van der Waals surface area (Å²) < 4.78 is 18.9. The number of ketones is 1. The first-order valence-corrected chi connectivity index (χ1v) is 10.4. The summed E-state index contributed by atoms with van der Waals surface area (Å²) in [5.74, 6) is -2.00. The second-order valence-electron chi connectivity index (χ2n) is 6.95. The van der Waals surface area contributed by atoms with Gasteiger partial charge in [-0.1, -0.05) is 36.1 Å². The Morgan fingerprint density at radius 1 is 1.19 bits per heavy atom. The third-order valence-corrected chi connectivity index (χ3v) is 5.69. The molecule has 0 aliphatic carbocycles. The van der Waals surface area contributed by atoms with Crippen molar-refractivity contribution in [2.24, 2.45) is 0 Å². The molecule has 2 aromatic carbocycles. The van der Waals surface area contributed by atoms with Crippen molar-refractivity contribution < 1.29 is 23.8 Å². The zero-order valence-corrected chi connectivity index (χ0v) is 17.8. The van der Waals surface area contributed by atoms with Crippen molar-refractivity contribution in [3.8, 4) is 5.75 Å². The highest BCUT2D eigenvalue weighted by Gasteiger charge is 2.48. The standard InChI is InChI=1S/C23H18FN3O4S/c1-3-12-31-17-10-6-14(7-11-17)19-18(20(28)15-4-8-16(24)9-5-15)21(29)22(30)27(19)23-26-25-13(2)32-23/h3-11,19,28H,1,12H2,2H3/t19-/m1/s1. The van der Waals surface area contributed by atoms with Gasteiger partial charge in [-0.15, -0.1) is 10.2 Å². The van der Waals surface area contributed by atoms with Crippen LogP contribution in [0.3, 0.4) is 0 Å². The monoisotopic (exact) mass is 451 g/mol. The molecule has 4 rings (SSSR count). The van der Waals surface area contributed by atoms with Gasteiger partial charge in [-0.25, -0.2) is 4.39 Å². The number of hydrogen-bond acceptors (Lipinski definition) is 7. The molecule has 1 N–H and O–H groups in total. The maximum atomic E-state index is 13.4. The maximum Gasteiger partial charge on any atom is 0.301 e. The molecular weight excluding hydrogens is 433 g/mol. The molecule has 1 fully saturated rings. The van der Waals surface area contributed by atoms with E-state index in [-0.39, 0.29) is 16.3 Å². The topological polar surface area (TPSA) is 92.6 Å². The Hall–Kier alpha value is -3.85. The van der Waals surface area contributed by atoms with Crippen molar-refractivity contribution in [3.63, 3.8) is 0 Å². The predicted octanol–water partition coefficient (Wildman–Crippen LogP) is 4.18. The van der Waals surface area contributed by atoms with E-state index in [0.29, 0.717) is 22.9 Å². The maximum absolute atomic E-state index is 13.4. The second kappa shape index (κ2) is 8.72. The molecule has 1 atom stereocenters. The number of nitrogens with zero attached hydrogens (tertiary/aromatic N) is 3. The first kappa shape index (κ1) is 21.4. The van der Waals surface area contributed by atoms with Crippen molar-refractivity contribution in [2.45, 2.75) is 13.0 Å². The van der Waals surface area contributed by atoms with Gasteiger partial charge in [0.1, 0.15) is 28.9 Å². The molecule has 0 spiro atoms. The molecule has 2 heterocycles. The predicted molar refractivity (Wildman–Crippen MR) is 118 cm³/mol. The van der Waals surface area contributed by atoms with Gasteiger partial charge >= 0.3 is 5.91 Å². The number of rotatable bonds is 6. The third-order valence-electron chi connectivity index (χ3n) is 4.85. The fourth-order valence-electron chi connectivity index (χ4n) is 3.39. The number of carbonyl (C=O) groups is 2. The van der Waals surface area contributed by atoms with Crippen LogP contribution in [-0.4, -0.2) is 33.6 Å². The lowest BCUT2D eigenvalue weighted by Crippen LogP contribution is -2.29. The van der Waals surface area contributed by atoms with Gasteiger partial charge in [0.25, 0.3) is 5.78 Å². The molecule has 0 bridgehead atoms. The van der Waals surface area contributed by atoms with E-state index < -0.39 is 29.3 Å². The molecular formula is C23H18FN3O4S. The Morgan fingerprint density at radius 2 is 1.88 bits per heavy atom. The number of halogens is 1. The number of amides is 1. The average molecular weight is 451 g/mol. The first-order valence-electron chi connectivity index (χ1n) is 9.61. The summed E-state index contributed by atoms with van der Waals surface area (Å²) in [6.45, 7) is 5.67. The third kappa shape index (κ3) is 3.90. The molecule has 1 amide bonds. The van der Waals surface area contributed by atoms with Crippen LogP contribution in [0.25, 0.3) is 5.76 Å². The van der Waals surface area contributed by atoms with E-state index in [1.54, 1.807) is 37.3 Å². The second-order valence-corrected chi connectivity index (χ2v) is 8.11. The Labute approximate surface area is 187 Å². The summed E-state index contributed by atoms with van der Waals surface area (Å²) in [7, 11) is 0. The van der Waals surface area contributed by atoms with Gasteiger partial charge in [0.15, 0.2) is 0 Å². The van der Waals surface area contributed by atoms with Crippen molar-refractivity contribution >= 4 is 33.9 Å². The minimum absolute atomic E-state index is 0.116. The van der Waals surface area contributed by atoms with Crippen LogP contribution in [0.15, 0.2) is 66.8 Å². The lowest BCUT2D eigenvalue weighted by molar-refractivity contribution is -0.132. The molecule has 9 heteroatoms. The fraction of sp³-hybridized carbons (Fsp3) is 0.130. The van der Waals surface area contributed by atoms with Gasteiger partial charge in [-0.3, -0.25) is 14.5 Å². The van der Waals surface area contributed by atoms with Crippen molar-refractivity contribution in [2.75, 3.05) is 11.5 Å². The SMILES string of the molecule is C=CCOc1ccc([C@@H]2C(=C(O)c3ccc(F)cc3)C(=O)C(=O)N2c2nnc(C)s2)cc1. The van der Waals surface area contributed by atoms with Gasteiger partial charge in [0.05, 0.1) is 11.6 Å². The van der Waals surface area contributed by atoms with Crippen LogP contribution in [0.2, 0.25) is 0 Å². The van der Waals surface area contributed by atoms with Crippen LogP contribution < -0.4 is 9.64 Å². The largest absolute Gasteiger partial charge is 0.507 e. The number of ether oxygens (including phenoxy) is 1. The summed E-state index contributed by atoms with van der Waals surface area (Å²) in [4.78, 5) is 27.2.